The van der Waals surface area contributed by atoms with Crippen molar-refractivity contribution < 1.29 is 18.3 Å². The molecule has 1 N–H and O–H groups in total. The molecule has 2 heterocycles. The maximum absolute atomic E-state index is 12.0. The molecule has 1 aromatic heterocycles. The van der Waals surface area contributed by atoms with Gasteiger partial charge in [0.15, 0.2) is 0 Å². The van der Waals surface area contributed by atoms with Crippen molar-refractivity contribution in [1.82, 2.24) is 14.3 Å². The first-order valence-corrected chi connectivity index (χ1v) is 9.15. The molecule has 0 aromatic carbocycles. The predicted octanol–water partition coefficient (Wildman–Crippen LogP) is 1.29. The van der Waals surface area contributed by atoms with E-state index in [0.717, 1.165) is 19.3 Å². The van der Waals surface area contributed by atoms with Crippen LogP contribution in [-0.2, 0) is 21.2 Å². The number of carboxylic acid groups (broad SMARTS) is 1. The first kappa shape index (κ1) is 16.8. The third-order valence-electron chi connectivity index (χ3n) is 3.73. The molecule has 0 saturated carbocycles. The van der Waals surface area contributed by atoms with Crippen LogP contribution >= 0.6 is 0 Å². The Morgan fingerprint density at radius 3 is 2.77 bits per heavy atom. The van der Waals surface area contributed by atoms with Gasteiger partial charge in [0.25, 0.3) is 0 Å². The first-order chi connectivity index (χ1) is 10.3. The smallest absolute Gasteiger partial charge is 0.303 e. The van der Waals surface area contributed by atoms with E-state index >= 15 is 0 Å². The van der Waals surface area contributed by atoms with Crippen LogP contribution in [0.15, 0.2) is 6.07 Å². The Morgan fingerprint density at radius 1 is 1.41 bits per heavy atom. The van der Waals surface area contributed by atoms with Gasteiger partial charge in [-0.1, -0.05) is 6.42 Å². The highest BCUT2D eigenvalue weighted by Crippen LogP contribution is 2.32. The maximum atomic E-state index is 12.0. The zero-order valence-electron chi connectivity index (χ0n) is 12.8. The van der Waals surface area contributed by atoms with Gasteiger partial charge in [0.05, 0.1) is 24.4 Å². The lowest BCUT2D eigenvalue weighted by molar-refractivity contribution is -0.136. The van der Waals surface area contributed by atoms with E-state index in [2.05, 4.69) is 9.97 Å². The standard InChI is InChI=1S/C14H21N3O4S/c1-10-15-11(6-7-14(18)19)9-12(16-10)13-5-3-4-8-17(13)22(2,20)21/h9,13H,3-8H2,1-2H3,(H,18,19)/t13-/m1/s1. The summed E-state index contributed by atoms with van der Waals surface area (Å²) >= 11 is 0. The number of hydrogen-bond acceptors (Lipinski definition) is 5. The summed E-state index contributed by atoms with van der Waals surface area (Å²) in [6.07, 6.45) is 4.05. The van der Waals surface area contributed by atoms with Gasteiger partial charge in [0.2, 0.25) is 10.0 Å². The van der Waals surface area contributed by atoms with Gasteiger partial charge in [0.1, 0.15) is 5.82 Å². The number of carbonyl (C=O) groups is 1. The van der Waals surface area contributed by atoms with Crippen LogP contribution in [0.2, 0.25) is 0 Å². The van der Waals surface area contributed by atoms with Gasteiger partial charge in [-0.3, -0.25) is 4.79 Å². The summed E-state index contributed by atoms with van der Waals surface area (Å²) in [6, 6.07) is 1.46. The molecule has 0 aliphatic carbocycles. The minimum absolute atomic E-state index is 0.00362. The molecule has 22 heavy (non-hydrogen) atoms. The molecule has 0 bridgehead atoms. The Hall–Kier alpha value is -1.54. The fourth-order valence-electron chi connectivity index (χ4n) is 2.79. The molecule has 2 rings (SSSR count). The highest BCUT2D eigenvalue weighted by Gasteiger charge is 2.31. The third-order valence-corrected chi connectivity index (χ3v) is 5.02. The van der Waals surface area contributed by atoms with E-state index in [0.29, 0.717) is 30.2 Å². The van der Waals surface area contributed by atoms with Crippen LogP contribution in [0.3, 0.4) is 0 Å². The molecule has 1 saturated heterocycles. The minimum Gasteiger partial charge on any atom is -0.481 e. The van der Waals surface area contributed by atoms with Crippen LogP contribution in [0.1, 0.15) is 48.9 Å². The van der Waals surface area contributed by atoms with Crippen molar-refractivity contribution in [2.75, 3.05) is 12.8 Å². The van der Waals surface area contributed by atoms with Crippen molar-refractivity contribution in [3.8, 4) is 0 Å². The summed E-state index contributed by atoms with van der Waals surface area (Å²) in [4.78, 5) is 19.3. The third kappa shape index (κ3) is 4.23. The second-order valence-electron chi connectivity index (χ2n) is 5.61. The second kappa shape index (κ2) is 6.70. The van der Waals surface area contributed by atoms with Gasteiger partial charge in [-0.15, -0.1) is 0 Å². The average molecular weight is 327 g/mol. The Labute approximate surface area is 130 Å². The summed E-state index contributed by atoms with van der Waals surface area (Å²) in [5.74, 6) is -0.342. The van der Waals surface area contributed by atoms with Gasteiger partial charge < -0.3 is 5.11 Å². The number of piperidine rings is 1. The molecule has 0 amide bonds. The Balaban J connectivity index is 2.31. The Kier molecular flexibility index (Phi) is 5.12. The zero-order valence-corrected chi connectivity index (χ0v) is 13.6. The molecule has 8 heteroatoms. The normalized spacial score (nSPS) is 20.0. The summed E-state index contributed by atoms with van der Waals surface area (Å²) in [5, 5.41) is 8.78. The van der Waals surface area contributed by atoms with E-state index in [1.165, 1.54) is 10.6 Å². The van der Waals surface area contributed by atoms with Crippen molar-refractivity contribution in [1.29, 1.82) is 0 Å². The van der Waals surface area contributed by atoms with Gasteiger partial charge in [0, 0.05) is 18.7 Å². The minimum atomic E-state index is -3.30. The fourth-order valence-corrected chi connectivity index (χ4v) is 3.92. The highest BCUT2D eigenvalue weighted by atomic mass is 32.2. The lowest BCUT2D eigenvalue weighted by Gasteiger charge is -2.33. The number of aliphatic carboxylic acids is 1. The van der Waals surface area contributed by atoms with Crippen LogP contribution in [0.4, 0.5) is 0 Å². The molecule has 1 aliphatic rings. The number of nitrogens with zero attached hydrogens (tertiary/aromatic N) is 3. The molecule has 0 unspecified atom stereocenters. The van der Waals surface area contributed by atoms with E-state index in [9.17, 15) is 13.2 Å². The SMILES string of the molecule is Cc1nc(CCC(=O)O)cc([C@H]2CCCCN2S(C)(=O)=O)n1. The van der Waals surface area contributed by atoms with E-state index < -0.39 is 16.0 Å². The maximum Gasteiger partial charge on any atom is 0.303 e. The number of aromatic nitrogens is 2. The predicted molar refractivity (Wildman–Crippen MR) is 80.9 cm³/mol. The molecule has 1 atom stereocenters. The number of sulfonamides is 1. The summed E-state index contributed by atoms with van der Waals surface area (Å²) in [5.41, 5.74) is 1.31. The van der Waals surface area contributed by atoms with E-state index in [1.807, 2.05) is 0 Å². The largest absolute Gasteiger partial charge is 0.481 e. The number of carboxylic acids is 1. The van der Waals surface area contributed by atoms with Gasteiger partial charge >= 0.3 is 5.97 Å². The molecule has 1 aliphatic heterocycles. The zero-order chi connectivity index (χ0) is 16.3. The summed E-state index contributed by atoms with van der Waals surface area (Å²) in [7, 11) is -3.30. The van der Waals surface area contributed by atoms with E-state index in [-0.39, 0.29) is 12.5 Å². The van der Waals surface area contributed by atoms with Crippen LogP contribution in [0.25, 0.3) is 0 Å². The van der Waals surface area contributed by atoms with Crippen LogP contribution in [0.5, 0.6) is 0 Å². The molecule has 1 fully saturated rings. The molecule has 122 valence electrons. The van der Waals surface area contributed by atoms with Gasteiger partial charge in [-0.2, -0.15) is 4.31 Å². The van der Waals surface area contributed by atoms with Crippen molar-refractivity contribution >= 4 is 16.0 Å². The summed E-state index contributed by atoms with van der Waals surface area (Å²) < 4.78 is 25.4. The molecular formula is C14H21N3O4S. The molecule has 0 radical (unpaired) electrons. The Morgan fingerprint density at radius 2 is 2.14 bits per heavy atom. The lowest BCUT2D eigenvalue weighted by atomic mass is 10.0. The lowest BCUT2D eigenvalue weighted by Crippen LogP contribution is -2.38. The average Bonchev–Trinajstić information content (AvgIpc) is 2.43. The van der Waals surface area contributed by atoms with Crippen molar-refractivity contribution in [3.05, 3.63) is 23.3 Å². The first-order valence-electron chi connectivity index (χ1n) is 7.30. The topological polar surface area (TPSA) is 100 Å². The van der Waals surface area contributed by atoms with Gasteiger partial charge in [-0.05, 0) is 25.8 Å². The van der Waals surface area contributed by atoms with Crippen molar-refractivity contribution in [2.24, 2.45) is 0 Å². The second-order valence-corrected chi connectivity index (χ2v) is 7.55. The van der Waals surface area contributed by atoms with Crippen LogP contribution in [0, 0.1) is 6.92 Å². The quantitative estimate of drug-likeness (QED) is 0.874. The molecule has 7 nitrogen and oxygen atoms in total. The van der Waals surface area contributed by atoms with Crippen molar-refractivity contribution in [2.45, 2.75) is 45.1 Å². The monoisotopic (exact) mass is 327 g/mol. The van der Waals surface area contributed by atoms with Crippen molar-refractivity contribution in [3.63, 3.8) is 0 Å². The fraction of sp³-hybridized carbons (Fsp3) is 0.643. The number of hydrogen-bond donors (Lipinski definition) is 1. The van der Waals surface area contributed by atoms with Crippen LogP contribution < -0.4 is 0 Å². The molecule has 1 aromatic rings. The van der Waals surface area contributed by atoms with E-state index in [1.54, 1.807) is 13.0 Å². The molecule has 0 spiro atoms. The van der Waals surface area contributed by atoms with Crippen LogP contribution in [-0.4, -0.2) is 46.6 Å². The van der Waals surface area contributed by atoms with Gasteiger partial charge in [-0.25, -0.2) is 18.4 Å². The van der Waals surface area contributed by atoms with E-state index in [4.69, 9.17) is 5.11 Å². The highest BCUT2D eigenvalue weighted by molar-refractivity contribution is 7.88. The number of aryl methyl sites for hydroxylation is 2. The summed E-state index contributed by atoms with van der Waals surface area (Å²) in [6.45, 7) is 2.23. The Bertz CT molecular complexity index is 660. The molecular weight excluding hydrogens is 306 g/mol. The number of rotatable bonds is 5.